The summed E-state index contributed by atoms with van der Waals surface area (Å²) in [7, 11) is 0. The normalized spacial score (nSPS) is 15.6. The highest BCUT2D eigenvalue weighted by atomic mass is 16.5. The van der Waals surface area contributed by atoms with Gasteiger partial charge in [-0.2, -0.15) is 5.10 Å². The second-order valence-electron chi connectivity index (χ2n) is 6.78. The van der Waals surface area contributed by atoms with E-state index in [4.69, 9.17) is 4.52 Å². The molecule has 1 aliphatic heterocycles. The van der Waals surface area contributed by atoms with Gasteiger partial charge in [0.15, 0.2) is 11.6 Å². The third-order valence-electron chi connectivity index (χ3n) is 4.62. The van der Waals surface area contributed by atoms with Crippen molar-refractivity contribution in [1.82, 2.24) is 30.0 Å². The summed E-state index contributed by atoms with van der Waals surface area (Å²) in [6.07, 6.45) is 0. The zero-order valence-corrected chi connectivity index (χ0v) is 15.4. The summed E-state index contributed by atoms with van der Waals surface area (Å²) in [5, 5.41) is 17.3. The Hall–Kier alpha value is -2.74. The average molecular weight is 353 g/mol. The lowest BCUT2D eigenvalue weighted by Gasteiger charge is -2.34. The number of anilines is 1. The minimum Gasteiger partial charge on any atom is -0.361 e. The van der Waals surface area contributed by atoms with Gasteiger partial charge in [-0.15, -0.1) is 10.2 Å². The third kappa shape index (κ3) is 3.45. The molecule has 0 spiro atoms. The van der Waals surface area contributed by atoms with E-state index in [-0.39, 0.29) is 0 Å². The number of nitrogens with zero attached hydrogens (tertiary/aromatic N) is 7. The number of piperazine rings is 1. The molecule has 1 aliphatic rings. The molecule has 136 valence electrons. The van der Waals surface area contributed by atoms with E-state index in [1.807, 2.05) is 49.7 Å². The molecule has 1 saturated heterocycles. The van der Waals surface area contributed by atoms with Crippen LogP contribution in [0.1, 0.15) is 22.8 Å². The Balaban J connectivity index is 1.38. The van der Waals surface area contributed by atoms with Crippen molar-refractivity contribution in [2.24, 2.45) is 0 Å². The van der Waals surface area contributed by atoms with Crippen LogP contribution in [-0.2, 0) is 6.54 Å². The van der Waals surface area contributed by atoms with Gasteiger partial charge in [-0.25, -0.2) is 4.68 Å². The van der Waals surface area contributed by atoms with Crippen molar-refractivity contribution >= 4 is 5.82 Å². The van der Waals surface area contributed by atoms with E-state index in [0.29, 0.717) is 0 Å². The fourth-order valence-corrected chi connectivity index (χ4v) is 3.32. The number of hydrogen-bond donors (Lipinski definition) is 0. The molecule has 26 heavy (non-hydrogen) atoms. The van der Waals surface area contributed by atoms with Gasteiger partial charge in [0.2, 0.25) is 0 Å². The standard InChI is InChI=1S/C18H23N7O/c1-13-10-14(2)25(21-13)18-5-4-17(19-20-18)24-8-6-23(7-9-24)12-16-11-15(3)26-22-16/h4-5,10-11H,6-9,12H2,1-3H3. The largest absolute Gasteiger partial charge is 0.361 e. The summed E-state index contributed by atoms with van der Waals surface area (Å²) in [5.41, 5.74) is 3.03. The van der Waals surface area contributed by atoms with Crippen LogP contribution < -0.4 is 4.90 Å². The number of hydrogen-bond acceptors (Lipinski definition) is 7. The maximum Gasteiger partial charge on any atom is 0.176 e. The Morgan fingerprint density at radius 2 is 1.69 bits per heavy atom. The van der Waals surface area contributed by atoms with Crippen molar-refractivity contribution < 1.29 is 4.52 Å². The minimum absolute atomic E-state index is 0.749. The lowest BCUT2D eigenvalue weighted by Crippen LogP contribution is -2.46. The molecule has 0 N–H and O–H groups in total. The van der Waals surface area contributed by atoms with E-state index < -0.39 is 0 Å². The SMILES string of the molecule is Cc1cc(C)n(-c2ccc(N3CCN(Cc4cc(C)on4)CC3)nn2)n1. The van der Waals surface area contributed by atoms with Crippen molar-refractivity contribution in [3.8, 4) is 5.82 Å². The number of aryl methyl sites for hydroxylation is 3. The minimum atomic E-state index is 0.749. The molecular formula is C18H23N7O. The molecule has 1 fully saturated rings. The summed E-state index contributed by atoms with van der Waals surface area (Å²) >= 11 is 0. The van der Waals surface area contributed by atoms with Gasteiger partial charge in [0.25, 0.3) is 0 Å². The Morgan fingerprint density at radius 3 is 2.27 bits per heavy atom. The van der Waals surface area contributed by atoms with Gasteiger partial charge in [0.1, 0.15) is 5.76 Å². The second-order valence-corrected chi connectivity index (χ2v) is 6.78. The summed E-state index contributed by atoms with van der Waals surface area (Å²) < 4.78 is 6.96. The van der Waals surface area contributed by atoms with Crippen LogP contribution in [0.5, 0.6) is 0 Å². The van der Waals surface area contributed by atoms with Crippen LogP contribution in [0.15, 0.2) is 28.8 Å². The lowest BCUT2D eigenvalue weighted by atomic mass is 10.2. The Labute approximate surface area is 152 Å². The predicted molar refractivity (Wildman–Crippen MR) is 97.4 cm³/mol. The first kappa shape index (κ1) is 16.7. The van der Waals surface area contributed by atoms with E-state index in [9.17, 15) is 0 Å². The third-order valence-corrected chi connectivity index (χ3v) is 4.62. The molecule has 4 heterocycles. The Kier molecular flexibility index (Phi) is 4.42. The molecule has 8 nitrogen and oxygen atoms in total. The molecule has 0 amide bonds. The van der Waals surface area contributed by atoms with Crippen LogP contribution in [0.4, 0.5) is 5.82 Å². The first-order valence-electron chi connectivity index (χ1n) is 8.85. The first-order chi connectivity index (χ1) is 12.6. The van der Waals surface area contributed by atoms with E-state index in [1.165, 1.54) is 0 Å². The van der Waals surface area contributed by atoms with Crippen molar-refractivity contribution in [3.05, 3.63) is 47.1 Å². The topological polar surface area (TPSA) is 76.1 Å². The quantitative estimate of drug-likeness (QED) is 0.709. The van der Waals surface area contributed by atoms with E-state index in [1.54, 1.807) is 0 Å². The summed E-state index contributed by atoms with van der Waals surface area (Å²) in [6, 6.07) is 8.03. The van der Waals surface area contributed by atoms with Crippen molar-refractivity contribution in [1.29, 1.82) is 0 Å². The summed E-state index contributed by atoms with van der Waals surface area (Å²) in [6.45, 7) is 10.5. The summed E-state index contributed by atoms with van der Waals surface area (Å²) in [4.78, 5) is 4.65. The molecule has 3 aromatic heterocycles. The van der Waals surface area contributed by atoms with Crippen LogP contribution in [0.25, 0.3) is 5.82 Å². The smallest absolute Gasteiger partial charge is 0.176 e. The maximum absolute atomic E-state index is 5.14. The molecule has 0 saturated carbocycles. The van der Waals surface area contributed by atoms with Crippen LogP contribution in [0, 0.1) is 20.8 Å². The van der Waals surface area contributed by atoms with E-state index in [2.05, 4.69) is 30.3 Å². The molecule has 0 radical (unpaired) electrons. The van der Waals surface area contributed by atoms with E-state index in [0.717, 1.165) is 67.2 Å². The van der Waals surface area contributed by atoms with Gasteiger partial charge in [-0.3, -0.25) is 4.90 Å². The van der Waals surface area contributed by atoms with Crippen molar-refractivity contribution in [3.63, 3.8) is 0 Å². The average Bonchev–Trinajstić information content (AvgIpc) is 3.20. The summed E-state index contributed by atoms with van der Waals surface area (Å²) in [5.74, 6) is 2.52. The van der Waals surface area contributed by atoms with Crippen LogP contribution in [-0.4, -0.2) is 56.2 Å². The molecule has 0 unspecified atom stereocenters. The van der Waals surface area contributed by atoms with Crippen LogP contribution in [0.2, 0.25) is 0 Å². The lowest BCUT2D eigenvalue weighted by molar-refractivity contribution is 0.241. The van der Waals surface area contributed by atoms with Crippen LogP contribution in [0.3, 0.4) is 0 Å². The molecular weight excluding hydrogens is 330 g/mol. The Morgan fingerprint density at radius 1 is 0.962 bits per heavy atom. The molecule has 0 atom stereocenters. The molecule has 0 aliphatic carbocycles. The fourth-order valence-electron chi connectivity index (χ4n) is 3.32. The zero-order chi connectivity index (χ0) is 18.1. The van der Waals surface area contributed by atoms with Gasteiger partial charge in [0, 0.05) is 44.5 Å². The van der Waals surface area contributed by atoms with Crippen LogP contribution >= 0.6 is 0 Å². The van der Waals surface area contributed by atoms with Gasteiger partial charge in [-0.1, -0.05) is 5.16 Å². The second kappa shape index (κ2) is 6.87. The monoisotopic (exact) mass is 353 g/mol. The van der Waals surface area contributed by atoms with Crippen molar-refractivity contribution in [2.45, 2.75) is 27.3 Å². The molecule has 0 bridgehead atoms. The first-order valence-corrected chi connectivity index (χ1v) is 8.85. The predicted octanol–water partition coefficient (Wildman–Crippen LogP) is 1.90. The van der Waals surface area contributed by atoms with Gasteiger partial charge in [-0.05, 0) is 39.0 Å². The molecule has 4 rings (SSSR count). The highest BCUT2D eigenvalue weighted by Crippen LogP contribution is 2.16. The zero-order valence-electron chi connectivity index (χ0n) is 15.4. The van der Waals surface area contributed by atoms with Gasteiger partial charge in [0.05, 0.1) is 11.4 Å². The molecule has 0 aromatic carbocycles. The highest BCUT2D eigenvalue weighted by molar-refractivity contribution is 5.40. The Bertz CT molecular complexity index is 875. The van der Waals surface area contributed by atoms with Crippen molar-refractivity contribution in [2.75, 3.05) is 31.1 Å². The molecule has 3 aromatic rings. The maximum atomic E-state index is 5.14. The highest BCUT2D eigenvalue weighted by Gasteiger charge is 2.19. The number of rotatable bonds is 4. The number of aromatic nitrogens is 5. The van der Waals surface area contributed by atoms with E-state index >= 15 is 0 Å². The fraction of sp³-hybridized carbons (Fsp3) is 0.444. The molecule has 8 heteroatoms. The van der Waals surface area contributed by atoms with Gasteiger partial charge < -0.3 is 9.42 Å². The van der Waals surface area contributed by atoms with Gasteiger partial charge >= 0.3 is 0 Å².